The van der Waals surface area contributed by atoms with Gasteiger partial charge in [-0.15, -0.1) is 0 Å². The molecule has 0 aliphatic carbocycles. The van der Waals surface area contributed by atoms with Gasteiger partial charge in [0.1, 0.15) is 0 Å². The average molecular weight is 79.0 g/mol. The monoisotopic (exact) mass is 79.1 g/mol. The topological polar surface area (TPSA) is 20.3 Å². The van der Waals surface area contributed by atoms with Crippen LogP contribution in [0, 0.1) is 0 Å². The number of hydrogen-bond donors (Lipinski definition) is 0. The van der Waals surface area contributed by atoms with Crippen LogP contribution in [0.5, 0.6) is 0 Å². The summed E-state index contributed by atoms with van der Waals surface area (Å²) in [5.41, 5.74) is 0. The van der Waals surface area contributed by atoms with E-state index in [4.69, 9.17) is 0 Å². The van der Waals surface area contributed by atoms with Crippen LogP contribution in [0.3, 0.4) is 0 Å². The Morgan fingerprint density at radius 1 is 1.67 bits per heavy atom. The van der Waals surface area contributed by atoms with Crippen molar-refractivity contribution in [3.8, 4) is 0 Å². The van der Waals surface area contributed by atoms with Gasteiger partial charge in [0.15, 0.2) is 0 Å². The Morgan fingerprint density at radius 3 is 1.83 bits per heavy atom. The van der Waals surface area contributed by atoms with Crippen LogP contribution in [0.4, 0.5) is 4.79 Å². The van der Waals surface area contributed by atoms with Gasteiger partial charge in [0.25, 0.3) is 0 Å². The first-order chi connectivity index (χ1) is 2.64. The molecule has 0 radical (unpaired) electrons. The van der Waals surface area contributed by atoms with E-state index in [0.29, 0.717) is 0 Å². The molecule has 0 aromatic rings. The molecular weight excluding hydrogens is 73.0 g/mol. The van der Waals surface area contributed by atoms with E-state index in [0.717, 1.165) is 0 Å². The Balaban J connectivity index is 3.26. The molecule has 0 aromatic heterocycles. The van der Waals surface area contributed by atoms with Crippen molar-refractivity contribution in [1.82, 2.24) is 4.90 Å². The maximum atomic E-state index is 10.1. The molecule has 0 saturated heterocycles. The van der Waals surface area contributed by atoms with Crippen LogP contribution in [0.15, 0.2) is 0 Å². The van der Waals surface area contributed by atoms with Crippen LogP contribution in [-0.2, 0) is 0 Å². The second kappa shape index (κ2) is 2.28. The van der Waals surface area contributed by atoms with Gasteiger partial charge in [-0.05, 0) is 0 Å². The van der Waals surface area contributed by atoms with E-state index in [1.165, 1.54) is 22.6 Å². The first-order valence-electron chi connectivity index (χ1n) is 1.82. The van der Waals surface area contributed by atoms with Gasteiger partial charge >= 0.3 is 46.1 Å². The Kier molecular flexibility index (Phi) is 2.30. The van der Waals surface area contributed by atoms with Gasteiger partial charge in [0.2, 0.25) is 0 Å². The van der Waals surface area contributed by atoms with Crippen LogP contribution in [0.25, 0.3) is 0 Å². The summed E-state index contributed by atoms with van der Waals surface area (Å²) in [6.07, 6.45) is 0. The molecule has 0 N–H and O–H groups in total. The van der Waals surface area contributed by atoms with Crippen molar-refractivity contribution in [2.45, 2.75) is 0 Å². The summed E-state index contributed by atoms with van der Waals surface area (Å²) < 4.78 is 0.0926. The molecule has 0 heterocycles. The molecule has 0 unspecified atom stereocenters. The van der Waals surface area contributed by atoms with E-state index in [2.05, 4.69) is 0 Å². The third-order valence-corrected chi connectivity index (χ3v) is 0.630. The zero-order chi connectivity index (χ0) is 5.15. The minimum absolute atomic E-state index is 0.0926. The summed E-state index contributed by atoms with van der Waals surface area (Å²) in [5, 5.41) is 0. The van der Waals surface area contributed by atoms with Crippen LogP contribution in [0.2, 0.25) is 0 Å². The van der Waals surface area contributed by atoms with Crippen LogP contribution in [0.1, 0.15) is 0 Å². The Hall–Kier alpha value is 0.0674. The quantitative estimate of drug-likeness (QED) is 0.369. The molecule has 0 spiro atoms. The summed E-state index contributed by atoms with van der Waals surface area (Å²) >= 11 is 1.53. The Morgan fingerprint density at radius 2 is 1.83 bits per heavy atom. The number of nitrogens with zero attached hydrogens (tertiary/aromatic N) is 1. The van der Waals surface area contributed by atoms with Gasteiger partial charge in [-0.1, -0.05) is 0 Å². The number of hydrogen-bond acceptors (Lipinski definition) is 1. The average Bonchev–Trinajstić information content (AvgIpc) is 1.36. The van der Waals surface area contributed by atoms with E-state index in [1.54, 1.807) is 14.1 Å². The van der Waals surface area contributed by atoms with Crippen molar-refractivity contribution < 1.29 is 4.79 Å². The molecule has 0 bridgehead atoms. The second-order valence-electron chi connectivity index (χ2n) is 1.41. The van der Waals surface area contributed by atoms with Crippen molar-refractivity contribution in [3.05, 3.63) is 0 Å². The fraction of sp³-hybridized carbons (Fsp3) is 0.667. The molecule has 30 valence electrons. The van der Waals surface area contributed by atoms with E-state index in [9.17, 15) is 4.79 Å². The van der Waals surface area contributed by atoms with Crippen molar-refractivity contribution in [3.63, 3.8) is 0 Å². The first-order valence-corrected chi connectivity index (χ1v) is 1.82. The first kappa shape index (κ1) is 6.07. The molecule has 0 aliphatic rings. The zero-order valence-corrected chi connectivity index (χ0v) is 4.36. The number of carbonyl (C=O) groups is 1. The molecule has 6 heavy (non-hydrogen) atoms. The number of carbonyl (C=O) groups excluding carboxylic acids is 1. The summed E-state index contributed by atoms with van der Waals surface area (Å²) in [6, 6.07) is 0. The molecule has 1 amide bonds. The molecular formula is C3H6LiNO. The maximum absolute atomic E-state index is 10.1. The van der Waals surface area contributed by atoms with Crippen molar-refractivity contribution >= 4 is 22.3 Å². The third-order valence-electron chi connectivity index (χ3n) is 0.630. The van der Waals surface area contributed by atoms with Gasteiger partial charge in [-0.25, -0.2) is 0 Å². The third kappa shape index (κ3) is 2.31. The summed E-state index contributed by atoms with van der Waals surface area (Å²) in [5.74, 6) is 0. The number of rotatable bonds is 0. The van der Waals surface area contributed by atoms with Gasteiger partial charge < -0.3 is 0 Å². The molecule has 0 atom stereocenters. The van der Waals surface area contributed by atoms with Crippen molar-refractivity contribution in [2.24, 2.45) is 0 Å². The molecule has 0 rings (SSSR count). The van der Waals surface area contributed by atoms with Crippen LogP contribution >= 0.6 is 0 Å². The van der Waals surface area contributed by atoms with Crippen LogP contribution < -0.4 is 0 Å². The summed E-state index contributed by atoms with van der Waals surface area (Å²) in [7, 11) is 3.45. The van der Waals surface area contributed by atoms with Crippen molar-refractivity contribution in [2.75, 3.05) is 14.1 Å². The zero-order valence-electron chi connectivity index (χ0n) is 4.36. The summed E-state index contributed by atoms with van der Waals surface area (Å²) in [4.78, 5) is 11.6. The molecule has 2 nitrogen and oxygen atoms in total. The normalized spacial score (nSPS) is 8.00. The minimum atomic E-state index is 0.0926. The van der Waals surface area contributed by atoms with Crippen molar-refractivity contribution in [1.29, 1.82) is 0 Å². The fourth-order valence-electron chi connectivity index (χ4n) is 0. The van der Waals surface area contributed by atoms with Gasteiger partial charge in [0.05, 0.1) is 0 Å². The van der Waals surface area contributed by atoms with Gasteiger partial charge in [-0.2, -0.15) is 0 Å². The van der Waals surface area contributed by atoms with E-state index in [-0.39, 0.29) is 4.58 Å². The SMILES string of the molecule is [Li][C](=O)N(C)C. The van der Waals surface area contributed by atoms with E-state index >= 15 is 0 Å². The molecule has 0 aromatic carbocycles. The molecule has 0 aliphatic heterocycles. The fourth-order valence-corrected chi connectivity index (χ4v) is 0. The molecule has 3 heteroatoms. The Bertz CT molecular complexity index is 61.8. The second-order valence-corrected chi connectivity index (χ2v) is 1.41. The van der Waals surface area contributed by atoms with Gasteiger partial charge in [0, 0.05) is 0 Å². The Labute approximate surface area is 46.7 Å². The molecule has 0 fully saturated rings. The van der Waals surface area contributed by atoms with Crippen LogP contribution in [-0.4, -0.2) is 41.3 Å². The van der Waals surface area contributed by atoms with E-state index in [1.807, 2.05) is 0 Å². The predicted octanol–water partition coefficient (Wildman–Crippen LogP) is -0.163. The predicted molar refractivity (Wildman–Crippen MR) is 24.8 cm³/mol. The van der Waals surface area contributed by atoms with Gasteiger partial charge in [-0.3, -0.25) is 0 Å². The molecule has 0 saturated carbocycles. The number of amides is 1. The summed E-state index contributed by atoms with van der Waals surface area (Å²) in [6.45, 7) is 0. The standard InChI is InChI=1S/C3H6NO.Li/c1-4(2)3-5;/h1-2H3;. The van der Waals surface area contributed by atoms with E-state index < -0.39 is 0 Å².